The van der Waals surface area contributed by atoms with Gasteiger partial charge in [0.15, 0.2) is 0 Å². The molecule has 0 aliphatic rings. The van der Waals surface area contributed by atoms with E-state index in [4.69, 9.17) is 0 Å². The molecule has 0 aliphatic heterocycles. The summed E-state index contributed by atoms with van der Waals surface area (Å²) in [4.78, 5) is 0. The average Bonchev–Trinajstić information content (AvgIpc) is 2.16. The predicted octanol–water partition coefficient (Wildman–Crippen LogP) is 4.22. The molecule has 2 heteroatoms. The summed E-state index contributed by atoms with van der Waals surface area (Å²) in [5.74, 6) is 3.36. The predicted molar refractivity (Wildman–Crippen MR) is 79.7 cm³/mol. The summed E-state index contributed by atoms with van der Waals surface area (Å²) >= 11 is 0. The second-order valence-electron chi connectivity index (χ2n) is 6.36. The van der Waals surface area contributed by atoms with Gasteiger partial charge in [-0.25, -0.2) is 0 Å². The molecule has 1 atom stereocenters. The molecule has 100 valence electrons. The lowest BCUT2D eigenvalue weighted by molar-refractivity contribution is 0.181. The molecule has 0 saturated carbocycles. The van der Waals surface area contributed by atoms with Crippen LogP contribution in [0.2, 0.25) is 16.6 Å². The molecule has 0 aromatic rings. The lowest BCUT2D eigenvalue weighted by Gasteiger charge is -2.38. The number of rotatable bonds is 4. The fourth-order valence-electron chi connectivity index (χ4n) is 2.80. The van der Waals surface area contributed by atoms with Crippen molar-refractivity contribution < 1.29 is 5.11 Å². The van der Waals surface area contributed by atoms with Crippen LogP contribution in [0.15, 0.2) is 0 Å². The number of hydrogen-bond donors (Lipinski definition) is 1. The molecule has 0 amide bonds. The lowest BCUT2D eigenvalue weighted by atomic mass is 10.1. The Labute approximate surface area is 109 Å². The summed E-state index contributed by atoms with van der Waals surface area (Å²) in [7, 11) is -1.66. The van der Waals surface area contributed by atoms with Crippen molar-refractivity contribution in [2.45, 2.75) is 78.1 Å². The Morgan fingerprint density at radius 3 is 1.35 bits per heavy atom. The molecule has 0 fully saturated rings. The molecule has 1 nitrogen and oxygen atoms in total. The van der Waals surface area contributed by atoms with Crippen molar-refractivity contribution in [3.05, 3.63) is 0 Å². The molecule has 0 unspecified atom stereocenters. The van der Waals surface area contributed by atoms with Gasteiger partial charge in [0.05, 0.1) is 0 Å². The van der Waals surface area contributed by atoms with Gasteiger partial charge in [0.2, 0.25) is 0 Å². The van der Waals surface area contributed by atoms with Crippen molar-refractivity contribution in [1.82, 2.24) is 0 Å². The van der Waals surface area contributed by atoms with E-state index in [9.17, 15) is 5.11 Å². The van der Waals surface area contributed by atoms with Gasteiger partial charge in [-0.2, -0.15) is 0 Å². The molecular formula is C15H30OSi. The third-order valence-electron chi connectivity index (χ3n) is 3.93. The van der Waals surface area contributed by atoms with Gasteiger partial charge in [0.1, 0.15) is 14.2 Å². The van der Waals surface area contributed by atoms with Crippen LogP contribution >= 0.6 is 0 Å². The van der Waals surface area contributed by atoms with E-state index in [2.05, 4.69) is 53.0 Å². The summed E-state index contributed by atoms with van der Waals surface area (Å²) in [5, 5.41) is 9.88. The van der Waals surface area contributed by atoms with Crippen molar-refractivity contribution in [3.63, 3.8) is 0 Å². The molecule has 1 N–H and O–H groups in total. The number of aliphatic hydroxyl groups is 1. The molecule has 0 saturated heterocycles. The fraction of sp³-hybridized carbons (Fsp3) is 0.867. The zero-order chi connectivity index (χ0) is 13.8. The van der Waals surface area contributed by atoms with Gasteiger partial charge >= 0.3 is 0 Å². The largest absolute Gasteiger partial charge is 0.380 e. The van der Waals surface area contributed by atoms with Gasteiger partial charge in [-0.3, -0.25) is 0 Å². The van der Waals surface area contributed by atoms with Crippen LogP contribution in [0.4, 0.5) is 0 Å². The highest BCUT2D eigenvalue weighted by Crippen LogP contribution is 2.40. The summed E-state index contributed by atoms with van der Waals surface area (Å²) in [6.45, 7) is 17.8. The van der Waals surface area contributed by atoms with Crippen LogP contribution in [0, 0.1) is 17.4 Å². The topological polar surface area (TPSA) is 20.2 Å². The molecule has 0 rings (SSSR count). The van der Waals surface area contributed by atoms with E-state index in [1.54, 1.807) is 0 Å². The highest BCUT2D eigenvalue weighted by Gasteiger charge is 2.41. The maximum absolute atomic E-state index is 9.88. The van der Waals surface area contributed by atoms with Crippen LogP contribution in [0.5, 0.6) is 0 Å². The molecule has 0 radical (unpaired) electrons. The van der Waals surface area contributed by atoms with Crippen molar-refractivity contribution in [3.8, 4) is 11.5 Å². The molecule has 0 spiro atoms. The first-order chi connectivity index (χ1) is 7.66. The van der Waals surface area contributed by atoms with Crippen molar-refractivity contribution in [2.75, 3.05) is 0 Å². The molecule has 0 bridgehead atoms. The Morgan fingerprint density at radius 2 is 1.12 bits per heavy atom. The number of hydrogen-bond acceptors (Lipinski definition) is 1. The van der Waals surface area contributed by atoms with Crippen molar-refractivity contribution >= 4 is 8.07 Å². The Hall–Kier alpha value is -0.263. The van der Waals surface area contributed by atoms with Gasteiger partial charge in [0.25, 0.3) is 0 Å². The Morgan fingerprint density at radius 1 is 0.765 bits per heavy atom. The molecule has 0 aliphatic carbocycles. The molecule has 0 aromatic heterocycles. The van der Waals surface area contributed by atoms with Crippen molar-refractivity contribution in [1.29, 1.82) is 0 Å². The van der Waals surface area contributed by atoms with E-state index in [1.165, 1.54) is 0 Å². The minimum atomic E-state index is -1.66. The first kappa shape index (κ1) is 16.7. The minimum Gasteiger partial charge on any atom is -0.380 e. The van der Waals surface area contributed by atoms with Crippen LogP contribution < -0.4 is 0 Å². The molecular weight excluding hydrogens is 224 g/mol. The van der Waals surface area contributed by atoms with Crippen LogP contribution in [-0.2, 0) is 0 Å². The highest BCUT2D eigenvalue weighted by molar-refractivity contribution is 6.90. The second-order valence-corrected chi connectivity index (χ2v) is 11.9. The van der Waals surface area contributed by atoms with E-state index >= 15 is 0 Å². The highest BCUT2D eigenvalue weighted by atomic mass is 28.3. The summed E-state index contributed by atoms with van der Waals surface area (Å²) < 4.78 is 0. The van der Waals surface area contributed by atoms with Gasteiger partial charge < -0.3 is 5.11 Å². The number of aliphatic hydroxyl groups excluding tert-OH is 1. The standard InChI is InChI=1S/C15H30OSi/c1-11(2)15(16)9-10-17(12(3)4,13(5)6)14(7)8/h11-16H,1-8H3/t15-/m0/s1. The van der Waals surface area contributed by atoms with Crippen LogP contribution in [0.1, 0.15) is 55.4 Å². The Balaban J connectivity index is 5.33. The molecule has 0 heterocycles. The SMILES string of the molecule is CC(C)[C@@H](O)C#C[Si](C(C)C)(C(C)C)C(C)C. The summed E-state index contributed by atoms with van der Waals surface area (Å²) in [6, 6.07) is 0. The van der Waals surface area contributed by atoms with Crippen LogP contribution in [0.25, 0.3) is 0 Å². The molecule has 17 heavy (non-hydrogen) atoms. The zero-order valence-corrected chi connectivity index (χ0v) is 13.8. The van der Waals surface area contributed by atoms with Gasteiger partial charge in [-0.05, 0) is 22.5 Å². The van der Waals surface area contributed by atoms with E-state index < -0.39 is 14.2 Å². The van der Waals surface area contributed by atoms with E-state index in [0.717, 1.165) is 0 Å². The second kappa shape index (κ2) is 6.61. The zero-order valence-electron chi connectivity index (χ0n) is 12.8. The van der Waals surface area contributed by atoms with Gasteiger partial charge in [0, 0.05) is 0 Å². The first-order valence-corrected chi connectivity index (χ1v) is 9.10. The maximum atomic E-state index is 9.88. The van der Waals surface area contributed by atoms with E-state index in [1.807, 2.05) is 13.8 Å². The van der Waals surface area contributed by atoms with Gasteiger partial charge in [-0.1, -0.05) is 61.3 Å². The minimum absolute atomic E-state index is 0.223. The van der Waals surface area contributed by atoms with Crippen molar-refractivity contribution in [2.24, 2.45) is 5.92 Å². The smallest absolute Gasteiger partial charge is 0.146 e. The third kappa shape index (κ3) is 3.86. The van der Waals surface area contributed by atoms with Crippen LogP contribution in [-0.4, -0.2) is 19.3 Å². The summed E-state index contributed by atoms with van der Waals surface area (Å²) in [6.07, 6.45) is -0.474. The Kier molecular flexibility index (Phi) is 6.51. The lowest BCUT2D eigenvalue weighted by Crippen LogP contribution is -2.43. The summed E-state index contributed by atoms with van der Waals surface area (Å²) in [5.41, 5.74) is 5.45. The normalized spacial score (nSPS) is 14.4. The average molecular weight is 254 g/mol. The fourth-order valence-corrected chi connectivity index (χ4v) is 8.06. The monoisotopic (exact) mass is 254 g/mol. The van der Waals surface area contributed by atoms with E-state index in [-0.39, 0.29) is 5.92 Å². The maximum Gasteiger partial charge on any atom is 0.146 e. The molecule has 0 aromatic carbocycles. The Bertz CT molecular complexity index is 259. The third-order valence-corrected chi connectivity index (χ3v) is 10.2. The van der Waals surface area contributed by atoms with Crippen LogP contribution in [0.3, 0.4) is 0 Å². The van der Waals surface area contributed by atoms with Gasteiger partial charge in [-0.15, -0.1) is 5.54 Å². The quantitative estimate of drug-likeness (QED) is 0.588. The first-order valence-electron chi connectivity index (χ1n) is 6.87. The van der Waals surface area contributed by atoms with E-state index in [0.29, 0.717) is 16.6 Å².